The van der Waals surface area contributed by atoms with Crippen LogP contribution in [0.3, 0.4) is 0 Å². The molecule has 0 spiro atoms. The van der Waals surface area contributed by atoms with Crippen LogP contribution < -0.4 is 0 Å². The molecule has 2 aromatic carbocycles. The van der Waals surface area contributed by atoms with E-state index in [1.54, 1.807) is 11.3 Å². The third kappa shape index (κ3) is 3.65. The minimum Gasteiger partial charge on any atom is -0.510 e. The molecule has 0 aliphatic carbocycles. The molecule has 2 N–H and O–H groups in total. The molecule has 5 rings (SSSR count). The molecule has 8 heteroatoms. The Kier molecular flexibility index (Phi) is 5.12. The van der Waals surface area contributed by atoms with Gasteiger partial charge in [-0.15, -0.1) is 11.3 Å². The summed E-state index contributed by atoms with van der Waals surface area (Å²) in [5.74, 6) is 0.501. The SMILES string of the molecule is N#CC(=C(O)CSc1ncnc2scc(-c3ccccc3)c12)c1nc2ccccc2[nH]1. The first-order valence-corrected chi connectivity index (χ1v) is 11.3. The smallest absolute Gasteiger partial charge is 0.152 e. The van der Waals surface area contributed by atoms with Gasteiger partial charge in [0.2, 0.25) is 0 Å². The summed E-state index contributed by atoms with van der Waals surface area (Å²) in [6.07, 6.45) is 1.53. The third-order valence-corrected chi connectivity index (χ3v) is 6.68. The number of H-pyrrole nitrogens is 1. The van der Waals surface area contributed by atoms with Gasteiger partial charge in [-0.3, -0.25) is 0 Å². The maximum atomic E-state index is 10.7. The maximum absolute atomic E-state index is 10.7. The largest absolute Gasteiger partial charge is 0.510 e. The molecule has 31 heavy (non-hydrogen) atoms. The molecule has 0 unspecified atom stereocenters. The van der Waals surface area contributed by atoms with E-state index in [1.165, 1.54) is 18.1 Å². The summed E-state index contributed by atoms with van der Waals surface area (Å²) in [5.41, 5.74) is 3.83. The summed E-state index contributed by atoms with van der Waals surface area (Å²) < 4.78 is 0. The Morgan fingerprint density at radius 1 is 1.10 bits per heavy atom. The number of nitriles is 1. The fourth-order valence-corrected chi connectivity index (χ4v) is 5.19. The van der Waals surface area contributed by atoms with Crippen LogP contribution in [0.1, 0.15) is 5.82 Å². The highest BCUT2D eigenvalue weighted by molar-refractivity contribution is 7.99. The second kappa shape index (κ2) is 8.22. The molecule has 0 saturated carbocycles. The fourth-order valence-electron chi connectivity index (χ4n) is 3.32. The number of aromatic amines is 1. The zero-order chi connectivity index (χ0) is 21.2. The zero-order valence-corrected chi connectivity index (χ0v) is 17.7. The van der Waals surface area contributed by atoms with Crippen molar-refractivity contribution in [3.63, 3.8) is 0 Å². The topological polar surface area (TPSA) is 98.5 Å². The number of rotatable bonds is 5. The summed E-state index contributed by atoms with van der Waals surface area (Å²) in [4.78, 5) is 17.2. The normalized spacial score (nSPS) is 12.1. The lowest BCUT2D eigenvalue weighted by molar-refractivity contribution is 0.420. The van der Waals surface area contributed by atoms with E-state index in [0.29, 0.717) is 5.82 Å². The van der Waals surface area contributed by atoms with E-state index in [4.69, 9.17) is 0 Å². The van der Waals surface area contributed by atoms with Gasteiger partial charge in [0, 0.05) is 10.9 Å². The number of benzene rings is 2. The molecule has 0 radical (unpaired) electrons. The predicted molar refractivity (Wildman–Crippen MR) is 125 cm³/mol. The lowest BCUT2D eigenvalue weighted by Gasteiger charge is -2.06. The number of nitrogens with zero attached hydrogens (tertiary/aromatic N) is 4. The molecule has 0 fully saturated rings. The van der Waals surface area contributed by atoms with Crippen molar-refractivity contribution < 1.29 is 5.11 Å². The van der Waals surface area contributed by atoms with Crippen molar-refractivity contribution >= 4 is 49.9 Å². The lowest BCUT2D eigenvalue weighted by Crippen LogP contribution is -1.96. The molecular formula is C23H15N5OS2. The maximum Gasteiger partial charge on any atom is 0.152 e. The van der Waals surface area contributed by atoms with Crippen LogP contribution >= 0.6 is 23.1 Å². The van der Waals surface area contributed by atoms with Crippen LogP contribution in [-0.4, -0.2) is 30.8 Å². The van der Waals surface area contributed by atoms with Crippen molar-refractivity contribution in [2.24, 2.45) is 0 Å². The molecule has 3 aromatic heterocycles. The minimum absolute atomic E-state index is 0.0465. The fraction of sp³-hybridized carbons (Fsp3) is 0.0435. The van der Waals surface area contributed by atoms with Crippen LogP contribution in [0.5, 0.6) is 0 Å². The Hall–Kier alpha value is -3.67. The summed E-state index contributed by atoms with van der Waals surface area (Å²) in [6, 6.07) is 19.7. The first-order valence-electron chi connectivity index (χ1n) is 9.42. The van der Waals surface area contributed by atoms with Crippen molar-refractivity contribution in [2.45, 2.75) is 5.03 Å². The molecule has 0 atom stereocenters. The van der Waals surface area contributed by atoms with Gasteiger partial charge in [0.25, 0.3) is 0 Å². The molecule has 5 aromatic rings. The summed E-state index contributed by atoms with van der Waals surface area (Å²) in [6.45, 7) is 0. The van der Waals surface area contributed by atoms with Gasteiger partial charge >= 0.3 is 0 Å². The Balaban J connectivity index is 1.49. The second-order valence-corrected chi connectivity index (χ2v) is 8.52. The van der Waals surface area contributed by atoms with Crippen molar-refractivity contribution in [3.8, 4) is 17.2 Å². The number of fused-ring (bicyclic) bond motifs is 2. The van der Waals surface area contributed by atoms with Gasteiger partial charge in [0.15, 0.2) is 5.82 Å². The van der Waals surface area contributed by atoms with Gasteiger partial charge in [-0.05, 0) is 17.7 Å². The molecule has 3 heterocycles. The van der Waals surface area contributed by atoms with Gasteiger partial charge in [-0.25, -0.2) is 15.0 Å². The molecular weight excluding hydrogens is 426 g/mol. The number of nitrogens with one attached hydrogen (secondary N) is 1. The average molecular weight is 442 g/mol. The predicted octanol–water partition coefficient (Wildman–Crippen LogP) is 5.82. The molecule has 6 nitrogen and oxygen atoms in total. The van der Waals surface area contributed by atoms with Crippen LogP contribution in [0.2, 0.25) is 0 Å². The quantitative estimate of drug-likeness (QED) is 0.154. The molecule has 0 aliphatic heterocycles. The third-order valence-electron chi connectivity index (χ3n) is 4.79. The van der Waals surface area contributed by atoms with Gasteiger partial charge in [0.1, 0.15) is 33.6 Å². The number of hydrogen-bond donors (Lipinski definition) is 2. The van der Waals surface area contributed by atoms with Crippen LogP contribution in [0, 0.1) is 11.3 Å². The Bertz CT molecular complexity index is 1430. The Labute approximate surface area is 185 Å². The van der Waals surface area contributed by atoms with Crippen molar-refractivity contribution in [2.75, 3.05) is 5.75 Å². The van der Waals surface area contributed by atoms with Gasteiger partial charge in [-0.2, -0.15) is 5.26 Å². The van der Waals surface area contributed by atoms with E-state index in [9.17, 15) is 10.4 Å². The van der Waals surface area contributed by atoms with Crippen molar-refractivity contribution in [1.29, 1.82) is 5.26 Å². The number of hydrogen-bond acceptors (Lipinski definition) is 7. The number of aliphatic hydroxyl groups excluding tert-OH is 1. The number of para-hydroxylation sites is 2. The van der Waals surface area contributed by atoms with E-state index in [-0.39, 0.29) is 17.1 Å². The molecule has 0 aliphatic rings. The number of imidazole rings is 1. The van der Waals surface area contributed by atoms with E-state index in [0.717, 1.165) is 37.4 Å². The number of allylic oxidation sites excluding steroid dienone is 1. The molecule has 0 amide bonds. The number of aliphatic hydroxyl groups is 1. The standard InChI is InChI=1S/C23H15N5OS2/c24-10-15(21-27-17-8-4-5-9-18(17)28-21)19(29)12-31-23-20-16(14-6-2-1-3-7-14)11-30-22(20)25-13-26-23/h1-9,11,13,29H,12H2,(H,27,28). The summed E-state index contributed by atoms with van der Waals surface area (Å²) in [5, 5.41) is 24.1. The van der Waals surface area contributed by atoms with Crippen molar-refractivity contribution in [1.82, 2.24) is 19.9 Å². The van der Waals surface area contributed by atoms with E-state index < -0.39 is 0 Å². The average Bonchev–Trinajstić information content (AvgIpc) is 3.43. The lowest BCUT2D eigenvalue weighted by atomic mass is 10.1. The first-order chi connectivity index (χ1) is 15.2. The number of thioether (sulfide) groups is 1. The monoisotopic (exact) mass is 441 g/mol. The minimum atomic E-state index is -0.0465. The van der Waals surface area contributed by atoms with E-state index >= 15 is 0 Å². The second-order valence-electron chi connectivity index (χ2n) is 6.70. The number of aromatic nitrogens is 4. The van der Waals surface area contributed by atoms with Gasteiger partial charge in [0.05, 0.1) is 22.2 Å². The molecule has 150 valence electrons. The Morgan fingerprint density at radius 2 is 1.90 bits per heavy atom. The van der Waals surface area contributed by atoms with E-state index in [2.05, 4.69) is 43.5 Å². The van der Waals surface area contributed by atoms with Crippen LogP contribution in [-0.2, 0) is 0 Å². The van der Waals surface area contributed by atoms with Gasteiger partial charge < -0.3 is 10.1 Å². The number of thiophene rings is 1. The highest BCUT2D eigenvalue weighted by Crippen LogP contribution is 2.38. The molecule has 0 saturated heterocycles. The van der Waals surface area contributed by atoms with Crippen LogP contribution in [0.4, 0.5) is 0 Å². The van der Waals surface area contributed by atoms with E-state index in [1.807, 2.05) is 42.5 Å². The Morgan fingerprint density at radius 3 is 2.71 bits per heavy atom. The van der Waals surface area contributed by atoms with Crippen LogP contribution in [0.25, 0.3) is 38.0 Å². The zero-order valence-electron chi connectivity index (χ0n) is 16.1. The van der Waals surface area contributed by atoms with Gasteiger partial charge in [-0.1, -0.05) is 54.2 Å². The summed E-state index contributed by atoms with van der Waals surface area (Å²) in [7, 11) is 0. The first kappa shape index (κ1) is 19.3. The highest BCUT2D eigenvalue weighted by Gasteiger charge is 2.17. The highest BCUT2D eigenvalue weighted by atomic mass is 32.2. The summed E-state index contributed by atoms with van der Waals surface area (Å²) >= 11 is 2.93. The molecule has 0 bridgehead atoms. The van der Waals surface area contributed by atoms with Crippen LogP contribution in [0.15, 0.2) is 77.1 Å². The van der Waals surface area contributed by atoms with Crippen molar-refractivity contribution in [3.05, 3.63) is 77.9 Å².